The number of thiazole rings is 1. The van der Waals surface area contributed by atoms with Gasteiger partial charge in [0, 0.05) is 32.2 Å². The highest BCUT2D eigenvalue weighted by atomic mass is 35.5. The molecule has 0 aromatic carbocycles. The van der Waals surface area contributed by atoms with Gasteiger partial charge < -0.3 is 5.32 Å². The molecule has 1 fully saturated rings. The number of nitrogens with zero attached hydrogens (tertiary/aromatic N) is 2. The van der Waals surface area contributed by atoms with Crippen molar-refractivity contribution in [3.05, 3.63) is 15.6 Å². The van der Waals surface area contributed by atoms with E-state index in [1.807, 2.05) is 6.92 Å². The summed E-state index contributed by atoms with van der Waals surface area (Å²) < 4.78 is 38.5. The summed E-state index contributed by atoms with van der Waals surface area (Å²) in [5, 5.41) is 3.70. The van der Waals surface area contributed by atoms with Crippen molar-refractivity contribution < 1.29 is 13.2 Å². The molecular formula is C11H17ClF3N3S. The lowest BCUT2D eigenvalue weighted by Gasteiger charge is -2.33. The van der Waals surface area contributed by atoms with E-state index < -0.39 is 11.9 Å². The summed E-state index contributed by atoms with van der Waals surface area (Å²) in [7, 11) is 0. The van der Waals surface area contributed by atoms with Gasteiger partial charge >= 0.3 is 6.18 Å². The van der Waals surface area contributed by atoms with Crippen molar-refractivity contribution in [2.75, 3.05) is 19.6 Å². The number of piperazine rings is 1. The van der Waals surface area contributed by atoms with Gasteiger partial charge in [0.1, 0.15) is 0 Å². The third-order valence-corrected chi connectivity index (χ3v) is 4.01. The normalized spacial score (nSPS) is 21.2. The van der Waals surface area contributed by atoms with Crippen LogP contribution < -0.4 is 5.32 Å². The van der Waals surface area contributed by atoms with Gasteiger partial charge in [0.2, 0.25) is 0 Å². The molecule has 0 radical (unpaired) electrons. The molecule has 1 unspecified atom stereocenters. The standard InChI is InChI=1S/C11H16F3N3S.ClH/c1-7-5-15-3-4-17(7)6-9-10(11(12,13)14)16-8(2)18-9;/h7,15H,3-6H2,1-2H3;1H. The smallest absolute Gasteiger partial charge is 0.314 e. The summed E-state index contributed by atoms with van der Waals surface area (Å²) in [5.41, 5.74) is -0.712. The number of halogens is 4. The Balaban J connectivity index is 0.00000180. The Kier molecular flexibility index (Phi) is 5.61. The first-order valence-corrected chi connectivity index (χ1v) is 6.68. The molecule has 1 aromatic heterocycles. The van der Waals surface area contributed by atoms with Gasteiger partial charge in [-0.3, -0.25) is 4.90 Å². The molecule has 0 aliphatic carbocycles. The monoisotopic (exact) mass is 315 g/mol. The van der Waals surface area contributed by atoms with Crippen LogP contribution in [-0.2, 0) is 12.7 Å². The molecule has 3 nitrogen and oxygen atoms in total. The predicted octanol–water partition coefficient (Wildman–Crippen LogP) is 2.69. The van der Waals surface area contributed by atoms with E-state index in [0.29, 0.717) is 16.4 Å². The van der Waals surface area contributed by atoms with Gasteiger partial charge in [-0.2, -0.15) is 13.2 Å². The lowest BCUT2D eigenvalue weighted by atomic mass is 10.2. The first kappa shape index (κ1) is 16.7. The lowest BCUT2D eigenvalue weighted by molar-refractivity contribution is -0.141. The Morgan fingerprint density at radius 3 is 2.74 bits per heavy atom. The van der Waals surface area contributed by atoms with Gasteiger partial charge in [-0.15, -0.1) is 23.7 Å². The summed E-state index contributed by atoms with van der Waals surface area (Å²) in [6.07, 6.45) is -4.35. The fourth-order valence-electron chi connectivity index (χ4n) is 2.10. The zero-order valence-electron chi connectivity index (χ0n) is 10.8. The van der Waals surface area contributed by atoms with Gasteiger partial charge in [0.15, 0.2) is 5.69 Å². The van der Waals surface area contributed by atoms with Crippen molar-refractivity contribution in [1.82, 2.24) is 15.2 Å². The van der Waals surface area contributed by atoms with Crippen molar-refractivity contribution in [2.24, 2.45) is 0 Å². The first-order valence-electron chi connectivity index (χ1n) is 5.86. The van der Waals surface area contributed by atoms with Crippen LogP contribution in [0.3, 0.4) is 0 Å². The summed E-state index contributed by atoms with van der Waals surface area (Å²) in [6.45, 7) is 6.39. The number of hydrogen-bond donors (Lipinski definition) is 1. The topological polar surface area (TPSA) is 28.2 Å². The minimum atomic E-state index is -4.35. The molecule has 1 N–H and O–H groups in total. The van der Waals surface area contributed by atoms with Crippen molar-refractivity contribution in [3.63, 3.8) is 0 Å². The van der Waals surface area contributed by atoms with Crippen molar-refractivity contribution in [1.29, 1.82) is 0 Å². The average Bonchev–Trinajstić information content (AvgIpc) is 2.63. The molecule has 1 aliphatic rings. The molecule has 1 atom stereocenters. The van der Waals surface area contributed by atoms with E-state index in [4.69, 9.17) is 0 Å². The predicted molar refractivity (Wildman–Crippen MR) is 71.8 cm³/mol. The lowest BCUT2D eigenvalue weighted by Crippen LogP contribution is -2.49. The molecule has 8 heteroatoms. The highest BCUT2D eigenvalue weighted by molar-refractivity contribution is 7.11. The van der Waals surface area contributed by atoms with E-state index >= 15 is 0 Å². The molecule has 0 amide bonds. The molecule has 0 saturated carbocycles. The second-order valence-corrected chi connectivity index (χ2v) is 5.81. The molecule has 19 heavy (non-hydrogen) atoms. The van der Waals surface area contributed by atoms with Crippen LogP contribution in [0.25, 0.3) is 0 Å². The fraction of sp³-hybridized carbons (Fsp3) is 0.727. The van der Waals surface area contributed by atoms with E-state index in [9.17, 15) is 13.2 Å². The van der Waals surface area contributed by atoms with E-state index in [0.717, 1.165) is 31.0 Å². The SMILES string of the molecule is Cc1nc(C(F)(F)F)c(CN2CCNCC2C)s1.Cl. The van der Waals surface area contributed by atoms with Crippen LogP contribution in [0.2, 0.25) is 0 Å². The quantitative estimate of drug-likeness (QED) is 0.909. The molecule has 1 saturated heterocycles. The van der Waals surface area contributed by atoms with Gasteiger partial charge in [-0.1, -0.05) is 0 Å². The van der Waals surface area contributed by atoms with Crippen LogP contribution in [0.5, 0.6) is 0 Å². The average molecular weight is 316 g/mol. The number of nitrogens with one attached hydrogen (secondary N) is 1. The fourth-order valence-corrected chi connectivity index (χ4v) is 3.08. The van der Waals surface area contributed by atoms with E-state index in [-0.39, 0.29) is 18.4 Å². The number of aryl methyl sites for hydroxylation is 1. The van der Waals surface area contributed by atoms with Gasteiger partial charge in [0.05, 0.1) is 9.88 Å². The highest BCUT2D eigenvalue weighted by Crippen LogP contribution is 2.35. The van der Waals surface area contributed by atoms with Gasteiger partial charge in [-0.05, 0) is 13.8 Å². The molecular weight excluding hydrogens is 299 g/mol. The van der Waals surface area contributed by atoms with Crippen molar-refractivity contribution in [3.8, 4) is 0 Å². The maximum atomic E-state index is 12.8. The van der Waals surface area contributed by atoms with Crippen LogP contribution in [0.1, 0.15) is 22.5 Å². The molecule has 0 spiro atoms. The number of aromatic nitrogens is 1. The summed E-state index contributed by atoms with van der Waals surface area (Å²) in [6, 6.07) is 0.252. The van der Waals surface area contributed by atoms with Crippen LogP contribution in [-0.4, -0.2) is 35.6 Å². The summed E-state index contributed by atoms with van der Waals surface area (Å²) in [5.74, 6) is 0. The third kappa shape index (κ3) is 4.05. The Bertz CT molecular complexity index is 422. The largest absolute Gasteiger partial charge is 0.434 e. The second-order valence-electron chi connectivity index (χ2n) is 4.53. The van der Waals surface area contributed by atoms with Crippen molar-refractivity contribution in [2.45, 2.75) is 32.6 Å². The van der Waals surface area contributed by atoms with Crippen molar-refractivity contribution >= 4 is 23.7 Å². The molecule has 1 aromatic rings. The van der Waals surface area contributed by atoms with Crippen LogP contribution >= 0.6 is 23.7 Å². The molecule has 1 aliphatic heterocycles. The highest BCUT2D eigenvalue weighted by Gasteiger charge is 2.37. The number of hydrogen-bond acceptors (Lipinski definition) is 4. The molecule has 110 valence electrons. The molecule has 2 heterocycles. The molecule has 2 rings (SSSR count). The van der Waals surface area contributed by atoms with E-state index in [1.54, 1.807) is 6.92 Å². The van der Waals surface area contributed by atoms with Crippen LogP contribution in [0.15, 0.2) is 0 Å². The Labute approximate surface area is 120 Å². The minimum Gasteiger partial charge on any atom is -0.314 e. The first-order chi connectivity index (χ1) is 8.38. The minimum absolute atomic E-state index is 0. The maximum Gasteiger partial charge on any atom is 0.434 e. The Morgan fingerprint density at radius 1 is 1.47 bits per heavy atom. The Morgan fingerprint density at radius 2 is 2.16 bits per heavy atom. The van der Waals surface area contributed by atoms with E-state index in [2.05, 4.69) is 15.2 Å². The summed E-state index contributed by atoms with van der Waals surface area (Å²) >= 11 is 1.14. The van der Waals surface area contributed by atoms with Crippen LogP contribution in [0, 0.1) is 6.92 Å². The van der Waals surface area contributed by atoms with Crippen LogP contribution in [0.4, 0.5) is 13.2 Å². The zero-order chi connectivity index (χ0) is 13.3. The van der Waals surface area contributed by atoms with Gasteiger partial charge in [-0.25, -0.2) is 4.98 Å². The third-order valence-electron chi connectivity index (χ3n) is 3.06. The van der Waals surface area contributed by atoms with E-state index in [1.165, 1.54) is 0 Å². The summed E-state index contributed by atoms with van der Waals surface area (Å²) in [4.78, 5) is 6.02. The number of alkyl halides is 3. The number of rotatable bonds is 2. The maximum absolute atomic E-state index is 12.8. The molecule has 0 bridgehead atoms. The zero-order valence-corrected chi connectivity index (χ0v) is 12.4. The Hall–Kier alpha value is -0.370. The van der Waals surface area contributed by atoms with Gasteiger partial charge in [0.25, 0.3) is 0 Å². The second kappa shape index (κ2) is 6.39.